The number of halogens is 2. The number of aliphatic hydroxyl groups is 1. The number of aliphatic hydroxyl groups excluding tert-OH is 1. The van der Waals surface area contributed by atoms with Gasteiger partial charge in [0.1, 0.15) is 6.04 Å². The third-order valence-electron chi connectivity index (χ3n) is 8.32. The van der Waals surface area contributed by atoms with Crippen LogP contribution in [0, 0.1) is 19.8 Å². The highest BCUT2D eigenvalue weighted by Crippen LogP contribution is 2.44. The molecule has 1 amide bonds. The molecule has 9 nitrogen and oxygen atoms in total. The van der Waals surface area contributed by atoms with Crippen LogP contribution >= 0.6 is 23.2 Å². The fourth-order valence-corrected chi connectivity index (χ4v) is 7.30. The summed E-state index contributed by atoms with van der Waals surface area (Å²) in [5, 5.41) is 17.6. The first-order valence-electron chi connectivity index (χ1n) is 14.9. The van der Waals surface area contributed by atoms with Crippen molar-refractivity contribution in [1.29, 1.82) is 0 Å². The largest absolute Gasteiger partial charge is 0.454 e. The van der Waals surface area contributed by atoms with E-state index in [0.29, 0.717) is 10.0 Å². The predicted molar refractivity (Wildman–Crippen MR) is 178 cm³/mol. The summed E-state index contributed by atoms with van der Waals surface area (Å²) in [7, 11) is -4.19. The molecule has 2 N–H and O–H groups in total. The number of amides is 1. The molecule has 5 rings (SSSR count). The fourth-order valence-electron chi connectivity index (χ4n) is 5.71. The molecule has 4 atom stereocenters. The lowest BCUT2D eigenvalue weighted by atomic mass is 9.77. The first-order chi connectivity index (χ1) is 21.8. The number of ether oxygens (including phenoxy) is 1. The van der Waals surface area contributed by atoms with Crippen molar-refractivity contribution in [2.75, 3.05) is 6.61 Å². The third-order valence-corrected chi connectivity index (χ3v) is 10.3. The average molecular weight is 685 g/mol. The molecule has 1 fully saturated rings. The summed E-state index contributed by atoms with van der Waals surface area (Å²) in [6, 6.07) is 17.1. The number of hydrogen-bond acceptors (Lipinski definition) is 7. The maximum atomic E-state index is 13.7. The second kappa shape index (κ2) is 14.1. The molecule has 3 aromatic carbocycles. The fraction of sp³-hybridized carbons (Fsp3) is 0.324. The number of hydrogen-bond donors (Lipinski definition) is 2. The lowest BCUT2D eigenvalue weighted by Gasteiger charge is -2.29. The molecule has 46 heavy (non-hydrogen) atoms. The van der Waals surface area contributed by atoms with Crippen LogP contribution in [-0.4, -0.2) is 54.9 Å². The Kier molecular flexibility index (Phi) is 10.3. The van der Waals surface area contributed by atoms with Crippen LogP contribution in [0.4, 0.5) is 0 Å². The molecule has 3 aromatic rings. The van der Waals surface area contributed by atoms with Gasteiger partial charge in [-0.25, -0.2) is 13.4 Å². The van der Waals surface area contributed by atoms with Gasteiger partial charge < -0.3 is 9.84 Å². The van der Waals surface area contributed by atoms with Gasteiger partial charge in [0.25, 0.3) is 5.91 Å². The molecule has 1 heterocycles. The van der Waals surface area contributed by atoms with Crippen molar-refractivity contribution in [3.63, 3.8) is 0 Å². The lowest BCUT2D eigenvalue weighted by Crippen LogP contribution is -2.49. The highest BCUT2D eigenvalue weighted by Gasteiger charge is 2.44. The normalized spacial score (nSPS) is 20.2. The molecule has 0 radical (unpaired) electrons. The lowest BCUT2D eigenvalue weighted by molar-refractivity contribution is -0.156. The monoisotopic (exact) mass is 683 g/mol. The Morgan fingerprint density at radius 1 is 1.04 bits per heavy atom. The van der Waals surface area contributed by atoms with Gasteiger partial charge in [-0.1, -0.05) is 53.5 Å². The topological polar surface area (TPSA) is 125 Å². The van der Waals surface area contributed by atoms with Crippen molar-refractivity contribution < 1.29 is 27.9 Å². The summed E-state index contributed by atoms with van der Waals surface area (Å²) >= 11 is 12.2. The number of sulfonamides is 1. The molecular weight excluding hydrogens is 649 g/mol. The maximum Gasteiger partial charge on any atom is 0.327 e. The standard InChI is InChI=1S/C34H35Cl2N3O6S/c1-20-7-16-28(17-21(20)2)46(43,44)38-31(22(3)40)34(42)45-19-30(41)39-33(24-10-14-27(36)15-11-24)29-6-4-5-25(32(29)37-39)18-23-8-12-26(35)13-9-23/h7-18,22,29,31,33,38,40H,4-6,19H2,1-3H3. The molecule has 1 aliphatic carbocycles. The number of carbonyl (C=O) groups is 2. The zero-order chi connectivity index (χ0) is 33.2. The number of carbonyl (C=O) groups excluding carboxylic acids is 2. The van der Waals surface area contributed by atoms with Crippen LogP contribution in [0.2, 0.25) is 10.0 Å². The number of hydrazone groups is 1. The quantitative estimate of drug-likeness (QED) is 0.266. The minimum atomic E-state index is -4.19. The van der Waals surface area contributed by atoms with E-state index in [2.05, 4.69) is 4.72 Å². The molecular formula is C34H35Cl2N3O6S. The smallest absolute Gasteiger partial charge is 0.327 e. The molecule has 0 saturated heterocycles. The van der Waals surface area contributed by atoms with Crippen LogP contribution in [0.15, 0.2) is 82.3 Å². The van der Waals surface area contributed by atoms with Crippen LogP contribution in [-0.2, 0) is 24.3 Å². The van der Waals surface area contributed by atoms with Gasteiger partial charge in [0.15, 0.2) is 6.61 Å². The van der Waals surface area contributed by atoms with Crippen molar-refractivity contribution in [2.24, 2.45) is 11.0 Å². The Bertz CT molecular complexity index is 1790. The summed E-state index contributed by atoms with van der Waals surface area (Å²) in [4.78, 5) is 26.7. The number of aryl methyl sites for hydroxylation is 2. The molecule has 4 unspecified atom stereocenters. The van der Waals surface area contributed by atoms with Crippen molar-refractivity contribution in [2.45, 2.75) is 63.1 Å². The van der Waals surface area contributed by atoms with E-state index in [1.54, 1.807) is 25.1 Å². The number of esters is 1. The zero-order valence-electron chi connectivity index (χ0n) is 25.6. The van der Waals surface area contributed by atoms with E-state index in [-0.39, 0.29) is 10.8 Å². The minimum Gasteiger partial charge on any atom is -0.454 e. The summed E-state index contributed by atoms with van der Waals surface area (Å²) < 4.78 is 33.7. The van der Waals surface area contributed by atoms with Gasteiger partial charge in [0.2, 0.25) is 10.0 Å². The molecule has 1 aliphatic heterocycles. The highest BCUT2D eigenvalue weighted by atomic mass is 35.5. The second-order valence-electron chi connectivity index (χ2n) is 11.6. The highest BCUT2D eigenvalue weighted by molar-refractivity contribution is 7.89. The predicted octanol–water partition coefficient (Wildman–Crippen LogP) is 6.00. The van der Waals surface area contributed by atoms with Gasteiger partial charge in [-0.05, 0) is 110 Å². The Hall–Kier alpha value is -3.54. The third kappa shape index (κ3) is 7.53. The van der Waals surface area contributed by atoms with Gasteiger partial charge in [0, 0.05) is 16.0 Å². The minimum absolute atomic E-state index is 0.0612. The van der Waals surface area contributed by atoms with Gasteiger partial charge in [-0.3, -0.25) is 9.59 Å². The van der Waals surface area contributed by atoms with E-state index < -0.39 is 46.7 Å². The van der Waals surface area contributed by atoms with Gasteiger partial charge in [-0.15, -0.1) is 0 Å². The van der Waals surface area contributed by atoms with Crippen LogP contribution in [0.25, 0.3) is 6.08 Å². The molecule has 0 aromatic heterocycles. The SMILES string of the molecule is Cc1ccc(S(=O)(=O)NC(C(=O)OCC(=O)N2N=C3C(=Cc4ccc(Cl)cc4)CCCC3C2c2ccc(Cl)cc2)C(C)O)cc1C. The summed E-state index contributed by atoms with van der Waals surface area (Å²) in [6.45, 7) is 4.17. The Balaban J connectivity index is 1.37. The maximum absolute atomic E-state index is 13.7. The summed E-state index contributed by atoms with van der Waals surface area (Å²) in [5.41, 5.74) is 5.21. The molecule has 2 aliphatic rings. The van der Waals surface area contributed by atoms with E-state index in [1.165, 1.54) is 24.1 Å². The average Bonchev–Trinajstić information content (AvgIpc) is 3.42. The number of nitrogens with one attached hydrogen (secondary N) is 1. The van der Waals surface area contributed by atoms with Crippen molar-refractivity contribution >= 4 is 56.9 Å². The first kappa shape index (κ1) is 33.8. The van der Waals surface area contributed by atoms with Gasteiger partial charge >= 0.3 is 5.97 Å². The molecule has 0 bridgehead atoms. The number of nitrogens with zero attached hydrogens (tertiary/aromatic N) is 2. The zero-order valence-corrected chi connectivity index (χ0v) is 27.9. The number of allylic oxidation sites excluding steroid dienone is 1. The van der Waals surface area contributed by atoms with Crippen LogP contribution in [0.5, 0.6) is 0 Å². The number of benzene rings is 3. The van der Waals surface area contributed by atoms with Crippen molar-refractivity contribution in [3.05, 3.63) is 105 Å². The van der Waals surface area contributed by atoms with Gasteiger partial charge in [-0.2, -0.15) is 9.82 Å². The van der Waals surface area contributed by atoms with E-state index in [1.807, 2.05) is 49.4 Å². The Labute approximate surface area is 278 Å². The number of rotatable bonds is 9. The van der Waals surface area contributed by atoms with Gasteiger partial charge in [0.05, 0.1) is 22.8 Å². The van der Waals surface area contributed by atoms with Crippen molar-refractivity contribution in [3.8, 4) is 0 Å². The van der Waals surface area contributed by atoms with E-state index in [9.17, 15) is 23.1 Å². The summed E-state index contributed by atoms with van der Waals surface area (Å²) in [5.74, 6) is -1.79. The Morgan fingerprint density at radius 2 is 1.70 bits per heavy atom. The van der Waals surface area contributed by atoms with Crippen LogP contribution in [0.1, 0.15) is 54.5 Å². The van der Waals surface area contributed by atoms with Crippen LogP contribution < -0.4 is 4.72 Å². The molecule has 242 valence electrons. The van der Waals surface area contributed by atoms with E-state index in [0.717, 1.165) is 52.8 Å². The second-order valence-corrected chi connectivity index (χ2v) is 14.2. The summed E-state index contributed by atoms with van der Waals surface area (Å²) in [6.07, 6.45) is 3.06. The molecule has 12 heteroatoms. The number of fused-ring (bicyclic) bond motifs is 1. The first-order valence-corrected chi connectivity index (χ1v) is 17.1. The van der Waals surface area contributed by atoms with Crippen LogP contribution in [0.3, 0.4) is 0 Å². The molecule has 0 spiro atoms. The molecule has 1 saturated carbocycles. The Morgan fingerprint density at radius 3 is 2.33 bits per heavy atom. The van der Waals surface area contributed by atoms with Crippen molar-refractivity contribution in [1.82, 2.24) is 9.73 Å². The van der Waals surface area contributed by atoms with E-state index in [4.69, 9.17) is 33.0 Å². The van der Waals surface area contributed by atoms with E-state index >= 15 is 0 Å².